The third-order valence-corrected chi connectivity index (χ3v) is 7.56. The molecule has 2 atom stereocenters. The second kappa shape index (κ2) is 10.9. The molecular formula is C19H27N3O7S2. The van der Waals surface area contributed by atoms with Crippen LogP contribution in [0.25, 0.3) is 0 Å². The van der Waals surface area contributed by atoms with E-state index in [0.717, 1.165) is 6.26 Å². The number of hydrogen-bond donors (Lipinski definition) is 2. The third kappa shape index (κ3) is 6.91. The predicted octanol–water partition coefficient (Wildman–Crippen LogP) is -0.815. The van der Waals surface area contributed by atoms with Crippen LogP contribution in [-0.4, -0.2) is 85.3 Å². The van der Waals surface area contributed by atoms with Gasteiger partial charge in [0.1, 0.15) is 23.8 Å². The van der Waals surface area contributed by atoms with Gasteiger partial charge >= 0.3 is 5.97 Å². The number of methoxy groups -OCH3 is 1. The first-order valence-corrected chi connectivity index (χ1v) is 12.9. The minimum Gasteiger partial charge on any atom is -0.481 e. The minimum atomic E-state index is -3.96. The van der Waals surface area contributed by atoms with Gasteiger partial charge in [0.25, 0.3) is 0 Å². The molecule has 1 aliphatic heterocycles. The van der Waals surface area contributed by atoms with E-state index in [1.165, 1.54) is 36.3 Å². The fourth-order valence-corrected chi connectivity index (χ4v) is 5.30. The number of sulfonamides is 1. The minimum absolute atomic E-state index is 0.0231. The molecular weight excluding hydrogens is 446 g/mol. The Morgan fingerprint density at radius 1 is 1.29 bits per heavy atom. The van der Waals surface area contributed by atoms with E-state index in [2.05, 4.69) is 21.9 Å². The molecule has 1 aromatic rings. The fourth-order valence-electron chi connectivity index (χ4n) is 3.10. The molecule has 0 spiro atoms. The van der Waals surface area contributed by atoms with Crippen molar-refractivity contribution in [1.82, 2.24) is 14.9 Å². The summed E-state index contributed by atoms with van der Waals surface area (Å²) in [4.78, 5) is 13.8. The number of ether oxygens (including phenoxy) is 2. The fraction of sp³-hybridized carbons (Fsp3) is 0.526. The van der Waals surface area contributed by atoms with Crippen molar-refractivity contribution in [3.8, 4) is 17.6 Å². The molecule has 1 aliphatic rings. The highest BCUT2D eigenvalue weighted by Gasteiger charge is 2.39. The van der Waals surface area contributed by atoms with Gasteiger partial charge in [0.05, 0.1) is 12.0 Å². The molecule has 0 aromatic heterocycles. The van der Waals surface area contributed by atoms with Crippen molar-refractivity contribution < 1.29 is 31.1 Å². The zero-order valence-electron chi connectivity index (χ0n) is 17.6. The molecule has 0 saturated carbocycles. The molecule has 172 valence electrons. The summed E-state index contributed by atoms with van der Waals surface area (Å²) in [5.74, 6) is 5.17. The third-order valence-electron chi connectivity index (χ3n) is 4.69. The SMILES string of the molecule is CC#CCOc1ccc(S(=O)(=O)NC[C@@H](C(=O)OC)N2CCNCC2S(C)(=O)=O)cc1. The van der Waals surface area contributed by atoms with E-state index in [1.807, 2.05) is 0 Å². The lowest BCUT2D eigenvalue weighted by Crippen LogP contribution is -2.62. The Labute approximate surface area is 183 Å². The van der Waals surface area contributed by atoms with Gasteiger partial charge in [-0.2, -0.15) is 0 Å². The average molecular weight is 474 g/mol. The van der Waals surface area contributed by atoms with Gasteiger partial charge in [0, 0.05) is 32.4 Å². The van der Waals surface area contributed by atoms with Crippen LogP contribution in [-0.2, 0) is 29.4 Å². The molecule has 1 fully saturated rings. The molecule has 0 radical (unpaired) electrons. The van der Waals surface area contributed by atoms with E-state index in [1.54, 1.807) is 6.92 Å². The Kier molecular flexibility index (Phi) is 8.84. The van der Waals surface area contributed by atoms with Gasteiger partial charge in [-0.1, -0.05) is 5.92 Å². The lowest BCUT2D eigenvalue weighted by molar-refractivity contribution is -0.147. The highest BCUT2D eigenvalue weighted by Crippen LogP contribution is 2.18. The van der Waals surface area contributed by atoms with Crippen LogP contribution in [0.5, 0.6) is 5.75 Å². The van der Waals surface area contributed by atoms with E-state index >= 15 is 0 Å². The number of benzene rings is 1. The summed E-state index contributed by atoms with van der Waals surface area (Å²) in [5.41, 5.74) is 0. The zero-order valence-corrected chi connectivity index (χ0v) is 19.3. The van der Waals surface area contributed by atoms with E-state index in [9.17, 15) is 21.6 Å². The number of hydrogen-bond acceptors (Lipinski definition) is 9. The van der Waals surface area contributed by atoms with Crippen molar-refractivity contribution >= 4 is 25.8 Å². The number of sulfone groups is 1. The van der Waals surface area contributed by atoms with E-state index < -0.39 is 37.2 Å². The molecule has 12 heteroatoms. The van der Waals surface area contributed by atoms with Crippen LogP contribution in [0.2, 0.25) is 0 Å². The molecule has 0 aliphatic carbocycles. The van der Waals surface area contributed by atoms with Crippen molar-refractivity contribution in [3.05, 3.63) is 24.3 Å². The normalized spacial score (nSPS) is 18.5. The summed E-state index contributed by atoms with van der Waals surface area (Å²) in [6.45, 7) is 2.36. The van der Waals surface area contributed by atoms with Crippen LogP contribution >= 0.6 is 0 Å². The second-order valence-electron chi connectivity index (χ2n) is 6.80. The molecule has 1 aromatic carbocycles. The summed E-state index contributed by atoms with van der Waals surface area (Å²) >= 11 is 0. The Morgan fingerprint density at radius 2 is 1.97 bits per heavy atom. The summed E-state index contributed by atoms with van der Waals surface area (Å²) in [6, 6.07) is 4.64. The maximum absolute atomic E-state index is 12.7. The van der Waals surface area contributed by atoms with E-state index in [0.29, 0.717) is 12.3 Å². The number of nitrogens with zero attached hydrogens (tertiary/aromatic N) is 1. The maximum Gasteiger partial charge on any atom is 0.324 e. The van der Waals surface area contributed by atoms with Crippen LogP contribution in [0.4, 0.5) is 0 Å². The van der Waals surface area contributed by atoms with Gasteiger partial charge in [0.2, 0.25) is 10.0 Å². The Balaban J connectivity index is 2.16. The van der Waals surface area contributed by atoms with Crippen molar-refractivity contribution in [1.29, 1.82) is 0 Å². The van der Waals surface area contributed by atoms with E-state index in [-0.39, 0.29) is 31.1 Å². The van der Waals surface area contributed by atoms with Crippen molar-refractivity contribution in [2.24, 2.45) is 0 Å². The molecule has 1 saturated heterocycles. The van der Waals surface area contributed by atoms with Gasteiger partial charge in [-0.3, -0.25) is 9.69 Å². The Morgan fingerprint density at radius 3 is 2.55 bits per heavy atom. The molecule has 10 nitrogen and oxygen atoms in total. The van der Waals surface area contributed by atoms with Gasteiger partial charge < -0.3 is 14.8 Å². The molecule has 2 N–H and O–H groups in total. The van der Waals surface area contributed by atoms with Crippen LogP contribution in [0.3, 0.4) is 0 Å². The summed E-state index contributed by atoms with van der Waals surface area (Å²) in [7, 11) is -6.32. The van der Waals surface area contributed by atoms with Gasteiger partial charge in [0.15, 0.2) is 9.84 Å². The van der Waals surface area contributed by atoms with Crippen LogP contribution in [0, 0.1) is 11.8 Å². The molecule has 1 heterocycles. The quantitative estimate of drug-likeness (QED) is 0.349. The van der Waals surface area contributed by atoms with Crippen molar-refractivity contribution in [2.75, 3.05) is 46.2 Å². The first kappa shape index (κ1) is 25.1. The second-order valence-corrected chi connectivity index (χ2v) is 10.8. The highest BCUT2D eigenvalue weighted by molar-refractivity contribution is 7.91. The van der Waals surface area contributed by atoms with Crippen LogP contribution < -0.4 is 14.8 Å². The first-order valence-electron chi connectivity index (χ1n) is 9.45. The Hall–Kier alpha value is -2.17. The van der Waals surface area contributed by atoms with Gasteiger partial charge in [-0.05, 0) is 31.2 Å². The molecule has 0 bridgehead atoms. The zero-order chi connectivity index (χ0) is 23.1. The summed E-state index contributed by atoms with van der Waals surface area (Å²) in [6.07, 6.45) is 1.08. The number of piperazine rings is 1. The summed E-state index contributed by atoms with van der Waals surface area (Å²) < 4.78 is 62.3. The number of nitrogens with one attached hydrogen (secondary N) is 2. The number of esters is 1. The number of carbonyl (C=O) groups is 1. The average Bonchev–Trinajstić information content (AvgIpc) is 2.74. The summed E-state index contributed by atoms with van der Waals surface area (Å²) in [5, 5.41) is 2.00. The predicted molar refractivity (Wildman–Crippen MR) is 115 cm³/mol. The molecule has 0 amide bonds. The molecule has 2 rings (SSSR count). The van der Waals surface area contributed by atoms with Crippen LogP contribution in [0.15, 0.2) is 29.2 Å². The molecule has 1 unspecified atom stereocenters. The van der Waals surface area contributed by atoms with Gasteiger partial charge in [-0.25, -0.2) is 21.6 Å². The van der Waals surface area contributed by atoms with Gasteiger partial charge in [-0.15, -0.1) is 5.92 Å². The first-order chi connectivity index (χ1) is 14.6. The lowest BCUT2D eigenvalue weighted by Gasteiger charge is -2.38. The maximum atomic E-state index is 12.7. The van der Waals surface area contributed by atoms with E-state index in [4.69, 9.17) is 9.47 Å². The molecule has 31 heavy (non-hydrogen) atoms. The number of carbonyl (C=O) groups excluding carboxylic acids is 1. The lowest BCUT2D eigenvalue weighted by atomic mass is 10.2. The highest BCUT2D eigenvalue weighted by atomic mass is 32.2. The smallest absolute Gasteiger partial charge is 0.324 e. The standard InChI is InChI=1S/C19H27N3O7S2/c1-4-5-12-29-15-6-8-16(9-7-15)31(26,27)21-13-17(19(23)28-2)22-11-10-20-14-18(22)30(3,24)25/h6-9,17-18,20-21H,10-14H2,1-3H3/t17-,18?/m0/s1. The monoisotopic (exact) mass is 473 g/mol. The topological polar surface area (TPSA) is 131 Å². The van der Waals surface area contributed by atoms with Crippen molar-refractivity contribution in [3.63, 3.8) is 0 Å². The number of rotatable bonds is 9. The van der Waals surface area contributed by atoms with Crippen LogP contribution in [0.1, 0.15) is 6.92 Å². The Bertz CT molecular complexity index is 1030. The largest absolute Gasteiger partial charge is 0.481 e. The van der Waals surface area contributed by atoms with Crippen molar-refractivity contribution in [2.45, 2.75) is 23.2 Å².